The van der Waals surface area contributed by atoms with Crippen LogP contribution < -0.4 is 0 Å². The van der Waals surface area contributed by atoms with Gasteiger partial charge in [-0.05, 0) is 56.0 Å². The lowest BCUT2D eigenvalue weighted by molar-refractivity contribution is 0.658. The van der Waals surface area contributed by atoms with Crippen LogP contribution in [-0.2, 0) is 19.5 Å². The minimum atomic E-state index is 0.953. The topological polar surface area (TPSA) is 48.5 Å². The zero-order chi connectivity index (χ0) is 18.4. The van der Waals surface area contributed by atoms with Gasteiger partial charge in [-0.15, -0.1) is 0 Å². The van der Waals surface area contributed by atoms with Crippen LogP contribution >= 0.6 is 0 Å². The Bertz CT molecular complexity index is 1140. The summed E-state index contributed by atoms with van der Waals surface area (Å²) in [6, 6.07) is 12.7. The minimum absolute atomic E-state index is 0.953. The second kappa shape index (κ2) is 6.34. The van der Waals surface area contributed by atoms with Crippen molar-refractivity contribution in [1.29, 1.82) is 0 Å². The van der Waals surface area contributed by atoms with E-state index >= 15 is 0 Å². The molecule has 27 heavy (non-hydrogen) atoms. The van der Waals surface area contributed by atoms with Crippen LogP contribution in [-0.4, -0.2) is 24.3 Å². The summed E-state index contributed by atoms with van der Waals surface area (Å²) in [4.78, 5) is 9.30. The van der Waals surface area contributed by atoms with Crippen molar-refractivity contribution in [3.05, 3.63) is 54.1 Å². The molecular formula is C22H23N5. The van der Waals surface area contributed by atoms with E-state index in [0.29, 0.717) is 0 Å². The van der Waals surface area contributed by atoms with Gasteiger partial charge < -0.3 is 4.57 Å². The van der Waals surface area contributed by atoms with Crippen LogP contribution in [0.1, 0.15) is 31.2 Å². The number of benzene rings is 1. The molecule has 1 aliphatic rings. The highest BCUT2D eigenvalue weighted by Crippen LogP contribution is 2.37. The Kier molecular flexibility index (Phi) is 3.81. The smallest absolute Gasteiger partial charge is 0.119 e. The lowest BCUT2D eigenvalue weighted by Gasteiger charge is -2.08. The fourth-order valence-electron chi connectivity index (χ4n) is 4.12. The number of pyridine rings is 1. The van der Waals surface area contributed by atoms with Gasteiger partial charge >= 0.3 is 0 Å². The van der Waals surface area contributed by atoms with Gasteiger partial charge in [0, 0.05) is 30.0 Å². The molecule has 5 heteroatoms. The highest BCUT2D eigenvalue weighted by Gasteiger charge is 2.24. The number of imidazole rings is 1. The van der Waals surface area contributed by atoms with Crippen molar-refractivity contribution in [2.45, 2.75) is 46.2 Å². The molecule has 3 aromatic heterocycles. The van der Waals surface area contributed by atoms with Crippen molar-refractivity contribution in [2.24, 2.45) is 0 Å². The normalized spacial score (nSPS) is 13.4. The molecule has 0 spiro atoms. The molecule has 0 amide bonds. The number of hydrogen-bond donors (Lipinski definition) is 0. The molecule has 4 heterocycles. The van der Waals surface area contributed by atoms with Crippen LogP contribution in [0.25, 0.3) is 33.5 Å². The molecule has 0 atom stereocenters. The summed E-state index contributed by atoms with van der Waals surface area (Å²) in [5.74, 6) is 0. The molecule has 0 N–H and O–H groups in total. The molecule has 0 unspecified atom stereocenters. The quantitative estimate of drug-likeness (QED) is 0.535. The third kappa shape index (κ3) is 2.65. The van der Waals surface area contributed by atoms with Gasteiger partial charge in [-0.1, -0.05) is 19.1 Å². The van der Waals surface area contributed by atoms with Gasteiger partial charge in [0.1, 0.15) is 5.69 Å². The highest BCUT2D eigenvalue weighted by molar-refractivity contribution is 5.88. The molecule has 0 radical (unpaired) electrons. The Morgan fingerprint density at radius 2 is 2.07 bits per heavy atom. The number of aryl methyl sites for hydroxylation is 3. The first-order chi connectivity index (χ1) is 13.2. The van der Waals surface area contributed by atoms with E-state index in [-0.39, 0.29) is 0 Å². The van der Waals surface area contributed by atoms with Crippen LogP contribution in [0.5, 0.6) is 0 Å². The summed E-state index contributed by atoms with van der Waals surface area (Å²) in [5.41, 5.74) is 8.97. The van der Waals surface area contributed by atoms with Crippen molar-refractivity contribution in [2.75, 3.05) is 0 Å². The first-order valence-electron chi connectivity index (χ1n) is 9.73. The minimum Gasteiger partial charge on any atom is -0.331 e. The SMILES string of the molecule is CCCn1cnc2ccc(-c3c(-c4cccc(C)n4)nn4c3CCC4)cc21. The van der Waals surface area contributed by atoms with Crippen molar-refractivity contribution in [3.63, 3.8) is 0 Å². The number of aromatic nitrogens is 5. The monoisotopic (exact) mass is 357 g/mol. The van der Waals surface area contributed by atoms with Crippen molar-refractivity contribution in [1.82, 2.24) is 24.3 Å². The summed E-state index contributed by atoms with van der Waals surface area (Å²) >= 11 is 0. The maximum absolute atomic E-state index is 4.94. The van der Waals surface area contributed by atoms with Crippen LogP contribution in [0.3, 0.4) is 0 Å². The lowest BCUT2D eigenvalue weighted by atomic mass is 9.99. The van der Waals surface area contributed by atoms with E-state index in [1.54, 1.807) is 0 Å². The number of hydrogen-bond acceptors (Lipinski definition) is 3. The van der Waals surface area contributed by atoms with E-state index in [9.17, 15) is 0 Å². The highest BCUT2D eigenvalue weighted by atomic mass is 15.3. The summed E-state index contributed by atoms with van der Waals surface area (Å²) in [6.45, 7) is 6.20. The van der Waals surface area contributed by atoms with Crippen LogP contribution in [0, 0.1) is 6.92 Å². The van der Waals surface area contributed by atoms with E-state index < -0.39 is 0 Å². The number of nitrogens with zero attached hydrogens (tertiary/aromatic N) is 5. The van der Waals surface area contributed by atoms with Crippen LogP contribution in [0.4, 0.5) is 0 Å². The molecule has 0 saturated carbocycles. The molecule has 1 aliphatic heterocycles. The number of rotatable bonds is 4. The van der Waals surface area contributed by atoms with Crippen molar-refractivity contribution in [3.8, 4) is 22.5 Å². The van der Waals surface area contributed by atoms with Crippen molar-refractivity contribution < 1.29 is 0 Å². The van der Waals surface area contributed by atoms with Crippen LogP contribution in [0.15, 0.2) is 42.7 Å². The Hall–Kier alpha value is -2.95. The zero-order valence-electron chi connectivity index (χ0n) is 15.8. The molecule has 0 fully saturated rings. The molecule has 4 aromatic rings. The predicted molar refractivity (Wildman–Crippen MR) is 108 cm³/mol. The largest absolute Gasteiger partial charge is 0.331 e. The number of fused-ring (bicyclic) bond motifs is 2. The molecule has 0 aliphatic carbocycles. The predicted octanol–water partition coefficient (Wildman–Crippen LogP) is 4.63. The molecule has 5 rings (SSSR count). The van der Waals surface area contributed by atoms with E-state index in [4.69, 9.17) is 10.1 Å². The first kappa shape index (κ1) is 16.2. The molecule has 136 valence electrons. The third-order valence-electron chi connectivity index (χ3n) is 5.35. The Labute approximate surface area is 158 Å². The first-order valence-corrected chi connectivity index (χ1v) is 9.73. The molecule has 5 nitrogen and oxygen atoms in total. The molecule has 0 bridgehead atoms. The maximum Gasteiger partial charge on any atom is 0.119 e. The van der Waals surface area contributed by atoms with E-state index in [2.05, 4.69) is 51.5 Å². The second-order valence-electron chi connectivity index (χ2n) is 7.30. The fraction of sp³-hybridized carbons (Fsp3) is 0.318. The molecule has 0 saturated heterocycles. The maximum atomic E-state index is 4.94. The van der Waals surface area contributed by atoms with Gasteiger partial charge in [-0.25, -0.2) is 4.98 Å². The fourth-order valence-corrected chi connectivity index (χ4v) is 4.12. The van der Waals surface area contributed by atoms with Gasteiger partial charge in [0.05, 0.1) is 23.1 Å². The zero-order valence-corrected chi connectivity index (χ0v) is 15.8. The van der Waals surface area contributed by atoms with Crippen molar-refractivity contribution >= 4 is 11.0 Å². The third-order valence-corrected chi connectivity index (χ3v) is 5.35. The summed E-state index contributed by atoms with van der Waals surface area (Å²) in [6.07, 6.45) is 5.27. The van der Waals surface area contributed by atoms with Gasteiger partial charge in [0.15, 0.2) is 0 Å². The lowest BCUT2D eigenvalue weighted by Crippen LogP contribution is -1.95. The second-order valence-corrected chi connectivity index (χ2v) is 7.30. The van der Waals surface area contributed by atoms with E-state index in [1.807, 2.05) is 19.3 Å². The van der Waals surface area contributed by atoms with Crippen LogP contribution in [0.2, 0.25) is 0 Å². The Balaban J connectivity index is 1.73. The van der Waals surface area contributed by atoms with Gasteiger partial charge in [0.2, 0.25) is 0 Å². The average Bonchev–Trinajstić information content (AvgIpc) is 3.36. The van der Waals surface area contributed by atoms with Gasteiger partial charge in [-0.3, -0.25) is 9.67 Å². The van der Waals surface area contributed by atoms with Gasteiger partial charge in [-0.2, -0.15) is 5.10 Å². The van der Waals surface area contributed by atoms with E-state index in [0.717, 1.165) is 55.0 Å². The molecular weight excluding hydrogens is 334 g/mol. The summed E-state index contributed by atoms with van der Waals surface area (Å²) in [7, 11) is 0. The Morgan fingerprint density at radius 1 is 1.15 bits per heavy atom. The standard InChI is InChI=1S/C22H23N5/c1-3-11-26-14-23-17-10-9-16(13-20(17)26)21-19-8-5-12-27(19)25-22(21)18-7-4-6-15(2)24-18/h4,6-7,9-10,13-14H,3,5,8,11-12H2,1-2H3. The average molecular weight is 357 g/mol. The van der Waals surface area contributed by atoms with Gasteiger partial charge in [0.25, 0.3) is 0 Å². The Morgan fingerprint density at radius 3 is 2.93 bits per heavy atom. The summed E-state index contributed by atoms with van der Waals surface area (Å²) in [5, 5.41) is 4.94. The summed E-state index contributed by atoms with van der Waals surface area (Å²) < 4.78 is 4.41. The van der Waals surface area contributed by atoms with E-state index in [1.165, 1.54) is 22.3 Å². The molecule has 1 aromatic carbocycles.